The molecule has 2 aromatic carbocycles. The van der Waals surface area contributed by atoms with E-state index in [2.05, 4.69) is 44.2 Å². The van der Waals surface area contributed by atoms with Crippen molar-refractivity contribution >= 4 is 25.5 Å². The molecule has 0 heterocycles. The summed E-state index contributed by atoms with van der Waals surface area (Å²) in [6.45, 7) is 4.53. The molecule has 0 spiro atoms. The van der Waals surface area contributed by atoms with Gasteiger partial charge >= 0.3 is 154 Å². The van der Waals surface area contributed by atoms with E-state index < -0.39 is 19.8 Å². The molecular weight excluding hydrogens is 399 g/mol. The Kier molecular flexibility index (Phi) is 8.58. The summed E-state index contributed by atoms with van der Waals surface area (Å²) in [5, 5.41) is 0. The third-order valence-corrected chi connectivity index (χ3v) is 16.0. The van der Waals surface area contributed by atoms with Gasteiger partial charge in [-0.25, -0.2) is 0 Å². The predicted octanol–water partition coefficient (Wildman–Crippen LogP) is 6.02. The number of benzene rings is 2. The van der Waals surface area contributed by atoms with Crippen molar-refractivity contribution in [3.05, 3.63) is 71.8 Å². The second-order valence-electron chi connectivity index (χ2n) is 6.66. The van der Waals surface area contributed by atoms with Gasteiger partial charge in [0.1, 0.15) is 0 Å². The quantitative estimate of drug-likeness (QED) is 0.334. The average molecular weight is 429 g/mol. The zero-order valence-corrected chi connectivity index (χ0v) is 18.4. The summed E-state index contributed by atoms with van der Waals surface area (Å²) in [6.07, 6.45) is 5.05. The summed E-state index contributed by atoms with van der Waals surface area (Å²) in [5.41, 5.74) is 2.15. The van der Waals surface area contributed by atoms with E-state index in [1.807, 2.05) is 30.3 Å². The molecule has 0 aromatic heterocycles. The van der Waals surface area contributed by atoms with E-state index in [1.165, 1.54) is 40.1 Å². The number of Topliss-reactive ketones (excluding diaryl/α,β-unsaturated/α-hetero) is 1. The third kappa shape index (κ3) is 5.47. The van der Waals surface area contributed by atoms with Gasteiger partial charge in [-0.1, -0.05) is 0 Å². The van der Waals surface area contributed by atoms with E-state index in [9.17, 15) is 4.79 Å². The van der Waals surface area contributed by atoms with E-state index in [0.29, 0.717) is 5.78 Å². The Balaban J connectivity index is 2.34. The maximum atomic E-state index is 13.4. The van der Waals surface area contributed by atoms with Gasteiger partial charge in [-0.05, 0) is 0 Å². The molecule has 0 amide bonds. The van der Waals surface area contributed by atoms with Gasteiger partial charge in [-0.15, -0.1) is 0 Å². The topological polar surface area (TPSA) is 17.1 Å². The van der Waals surface area contributed by atoms with Gasteiger partial charge in [0.05, 0.1) is 0 Å². The van der Waals surface area contributed by atoms with Crippen molar-refractivity contribution in [3.63, 3.8) is 0 Å². The SMILES string of the molecule is CCC[CH2][SnH]([CH2]CCC)[CH](C(=O)c1ccccc1)c1ccccc1. The molecule has 1 atom stereocenters. The first kappa shape index (κ1) is 19.2. The van der Waals surface area contributed by atoms with Gasteiger partial charge in [-0.3, -0.25) is 0 Å². The number of hydrogen-bond donors (Lipinski definition) is 0. The number of rotatable bonds is 10. The van der Waals surface area contributed by atoms with Gasteiger partial charge in [0.2, 0.25) is 0 Å². The van der Waals surface area contributed by atoms with Crippen LogP contribution in [0.4, 0.5) is 0 Å². The maximum absolute atomic E-state index is 13.4. The van der Waals surface area contributed by atoms with Crippen molar-refractivity contribution in [3.8, 4) is 0 Å². The van der Waals surface area contributed by atoms with Crippen LogP contribution in [-0.2, 0) is 0 Å². The van der Waals surface area contributed by atoms with E-state index in [1.54, 1.807) is 0 Å². The van der Waals surface area contributed by atoms with Crippen molar-refractivity contribution < 1.29 is 4.79 Å². The second kappa shape index (κ2) is 10.7. The molecule has 2 rings (SSSR count). The van der Waals surface area contributed by atoms with Gasteiger partial charge in [0.25, 0.3) is 0 Å². The molecule has 0 saturated carbocycles. The van der Waals surface area contributed by atoms with Crippen LogP contribution in [0.15, 0.2) is 60.7 Å². The second-order valence-corrected chi connectivity index (χ2v) is 16.2. The average Bonchev–Trinajstić information content (AvgIpc) is 2.65. The molecule has 2 aromatic rings. The van der Waals surface area contributed by atoms with E-state index in [0.717, 1.165) is 5.56 Å². The zero-order chi connectivity index (χ0) is 17.2. The number of hydrogen-bond acceptors (Lipinski definition) is 1. The fraction of sp³-hybridized carbons (Fsp3) is 0.409. The minimum atomic E-state index is -2.02. The summed E-state index contributed by atoms with van der Waals surface area (Å²) in [7, 11) is 0. The molecule has 24 heavy (non-hydrogen) atoms. The fourth-order valence-electron chi connectivity index (χ4n) is 3.49. The molecular formula is C22H30OSn. The van der Waals surface area contributed by atoms with Crippen LogP contribution in [0, 0.1) is 0 Å². The van der Waals surface area contributed by atoms with Crippen LogP contribution in [0.3, 0.4) is 0 Å². The van der Waals surface area contributed by atoms with Crippen LogP contribution in [-0.4, -0.2) is 25.5 Å². The van der Waals surface area contributed by atoms with E-state index >= 15 is 0 Å². The van der Waals surface area contributed by atoms with Crippen LogP contribution in [0.2, 0.25) is 8.87 Å². The Morgan fingerprint density at radius 1 is 0.833 bits per heavy atom. The van der Waals surface area contributed by atoms with Gasteiger partial charge in [0, 0.05) is 0 Å². The van der Waals surface area contributed by atoms with E-state index in [4.69, 9.17) is 0 Å². The summed E-state index contributed by atoms with van der Waals surface area (Å²) in [6, 6.07) is 20.5. The Morgan fingerprint density at radius 3 is 1.83 bits per heavy atom. The van der Waals surface area contributed by atoms with Crippen molar-refractivity contribution in [1.82, 2.24) is 0 Å². The zero-order valence-electron chi connectivity index (χ0n) is 15.1. The monoisotopic (exact) mass is 430 g/mol. The van der Waals surface area contributed by atoms with Gasteiger partial charge in [-0.2, -0.15) is 0 Å². The standard InChI is InChI=1S/C14H11O.2C4H9.Sn.H/c15-14(13-9-5-2-6-10-13)11-12-7-3-1-4-8-12;2*1-3-4-2;;/h1-11H;2*1,3-4H2,2H3;;. The molecule has 0 bridgehead atoms. The molecule has 1 nitrogen and oxygen atoms in total. The van der Waals surface area contributed by atoms with Crippen molar-refractivity contribution in [1.29, 1.82) is 0 Å². The van der Waals surface area contributed by atoms with Gasteiger partial charge < -0.3 is 0 Å². The van der Waals surface area contributed by atoms with Crippen LogP contribution in [0.25, 0.3) is 0 Å². The van der Waals surface area contributed by atoms with Crippen LogP contribution >= 0.6 is 0 Å². The van der Waals surface area contributed by atoms with Crippen molar-refractivity contribution in [2.75, 3.05) is 0 Å². The predicted molar refractivity (Wildman–Crippen MR) is 107 cm³/mol. The molecule has 1 unspecified atom stereocenters. The summed E-state index contributed by atoms with van der Waals surface area (Å²) in [5.74, 6) is 0.370. The fourth-order valence-corrected chi connectivity index (χ4v) is 15.5. The molecule has 0 radical (unpaired) electrons. The first-order valence-electron chi connectivity index (χ1n) is 9.42. The number of unbranched alkanes of at least 4 members (excludes halogenated alkanes) is 2. The Hall–Kier alpha value is -1.09. The molecule has 128 valence electrons. The normalized spacial score (nSPS) is 12.3. The molecule has 2 heteroatoms. The molecule has 0 aliphatic carbocycles. The molecule has 0 aliphatic rings. The third-order valence-electron chi connectivity index (χ3n) is 4.83. The Morgan fingerprint density at radius 2 is 1.33 bits per heavy atom. The van der Waals surface area contributed by atoms with Crippen LogP contribution < -0.4 is 0 Å². The van der Waals surface area contributed by atoms with Gasteiger partial charge in [0.15, 0.2) is 0 Å². The molecule has 0 fully saturated rings. The van der Waals surface area contributed by atoms with Crippen molar-refractivity contribution in [2.24, 2.45) is 0 Å². The number of carbonyl (C=O) groups excluding carboxylic acids is 1. The first-order chi connectivity index (χ1) is 11.8. The number of carbonyl (C=O) groups is 1. The first-order valence-corrected chi connectivity index (χ1v) is 16.0. The van der Waals surface area contributed by atoms with Crippen molar-refractivity contribution in [2.45, 2.75) is 52.3 Å². The molecule has 0 N–H and O–H groups in total. The minimum absolute atomic E-state index is 0.188. The Labute approximate surface area is 154 Å². The summed E-state index contributed by atoms with van der Waals surface area (Å²) >= 11 is -2.02. The molecule has 0 saturated heterocycles. The summed E-state index contributed by atoms with van der Waals surface area (Å²) < 4.78 is 2.88. The van der Waals surface area contributed by atoms with Crippen LogP contribution in [0.5, 0.6) is 0 Å². The number of ketones is 1. The Bertz CT molecular complexity index is 586. The van der Waals surface area contributed by atoms with Crippen LogP contribution in [0.1, 0.15) is 59.4 Å². The molecule has 0 aliphatic heterocycles. The van der Waals surface area contributed by atoms with E-state index in [-0.39, 0.29) is 3.93 Å². The summed E-state index contributed by atoms with van der Waals surface area (Å²) in [4.78, 5) is 13.4.